The molecule has 7 nitrogen and oxygen atoms in total. The van der Waals surface area contributed by atoms with Gasteiger partial charge < -0.3 is 23.0 Å². The zero-order chi connectivity index (χ0) is 20.1. The van der Waals surface area contributed by atoms with E-state index in [2.05, 4.69) is 18.7 Å². The van der Waals surface area contributed by atoms with E-state index in [9.17, 15) is 9.13 Å². The highest BCUT2D eigenvalue weighted by molar-refractivity contribution is 7.72. The molecule has 0 aliphatic rings. The van der Waals surface area contributed by atoms with Crippen LogP contribution in [-0.4, -0.2) is 56.4 Å². The van der Waals surface area contributed by atoms with Gasteiger partial charge in [-0.1, -0.05) is 26.0 Å². The Balaban J connectivity index is 5.60. The highest BCUT2D eigenvalue weighted by Crippen LogP contribution is 2.71. The number of allylic oxidation sites excluding steroid dienone is 1. The number of rotatable bonds is 16. The molecule has 0 radical (unpaired) electrons. The van der Waals surface area contributed by atoms with E-state index in [1.807, 2.05) is 12.2 Å². The van der Waals surface area contributed by atoms with Crippen molar-refractivity contribution in [1.29, 1.82) is 0 Å². The molecule has 0 aromatic carbocycles. The minimum atomic E-state index is -3.67. The monoisotopic (exact) mass is 413 g/mol. The summed E-state index contributed by atoms with van der Waals surface area (Å²) in [5.41, 5.74) is 0. The molecule has 0 spiro atoms. The molecule has 0 N–H and O–H groups in total. The van der Waals surface area contributed by atoms with Gasteiger partial charge in [0, 0.05) is 6.54 Å². The second kappa shape index (κ2) is 14.1. The van der Waals surface area contributed by atoms with E-state index in [4.69, 9.17) is 18.1 Å². The predicted molar refractivity (Wildman–Crippen MR) is 107 cm³/mol. The molecule has 156 valence electrons. The molecule has 0 fully saturated rings. The molecule has 0 unspecified atom stereocenters. The summed E-state index contributed by atoms with van der Waals surface area (Å²) in [6.07, 6.45) is 4.07. The van der Waals surface area contributed by atoms with E-state index in [0.29, 0.717) is 0 Å². The van der Waals surface area contributed by atoms with Crippen LogP contribution in [0.3, 0.4) is 0 Å². The third-order valence-electron chi connectivity index (χ3n) is 3.74. The Labute approximate surface area is 159 Å². The van der Waals surface area contributed by atoms with Gasteiger partial charge in [0.2, 0.25) is 0 Å². The molecule has 0 saturated carbocycles. The Morgan fingerprint density at radius 3 is 1.42 bits per heavy atom. The van der Waals surface area contributed by atoms with E-state index in [1.165, 1.54) is 0 Å². The van der Waals surface area contributed by atoms with Gasteiger partial charge in [0.1, 0.15) is 0 Å². The largest absolute Gasteiger partial charge is 0.346 e. The summed E-state index contributed by atoms with van der Waals surface area (Å²) in [4.78, 5) is 2.24. The lowest BCUT2D eigenvalue weighted by Crippen LogP contribution is -2.22. The number of hydrogen-bond acceptors (Lipinski definition) is 7. The molecule has 0 heterocycles. The lowest BCUT2D eigenvalue weighted by molar-refractivity contribution is 0.195. The molecule has 9 heteroatoms. The Kier molecular flexibility index (Phi) is 14.1. The van der Waals surface area contributed by atoms with Gasteiger partial charge in [0.15, 0.2) is 5.40 Å². The summed E-state index contributed by atoms with van der Waals surface area (Å²) < 4.78 is 48.5. The fourth-order valence-electron chi connectivity index (χ4n) is 2.49. The van der Waals surface area contributed by atoms with Crippen molar-refractivity contribution >= 4 is 15.2 Å². The first-order chi connectivity index (χ1) is 12.4. The molecule has 0 aliphatic carbocycles. The van der Waals surface area contributed by atoms with Gasteiger partial charge in [-0.05, 0) is 47.2 Å². The highest BCUT2D eigenvalue weighted by Gasteiger charge is 2.49. The first kappa shape index (κ1) is 26.0. The van der Waals surface area contributed by atoms with Gasteiger partial charge in [-0.2, -0.15) is 0 Å². The van der Waals surface area contributed by atoms with Crippen LogP contribution in [0, 0.1) is 0 Å². The van der Waals surface area contributed by atoms with Crippen LogP contribution in [0.2, 0.25) is 0 Å². The fraction of sp³-hybridized carbons (Fsp3) is 0.882. The summed E-state index contributed by atoms with van der Waals surface area (Å²) in [5.74, 6) is 0. The van der Waals surface area contributed by atoms with Crippen LogP contribution in [0.15, 0.2) is 12.2 Å². The maximum absolute atomic E-state index is 13.3. The van der Waals surface area contributed by atoms with E-state index >= 15 is 0 Å². The summed E-state index contributed by atoms with van der Waals surface area (Å²) >= 11 is 0. The minimum Gasteiger partial charge on any atom is -0.308 e. The molecule has 0 rings (SSSR count). The van der Waals surface area contributed by atoms with Crippen molar-refractivity contribution in [2.24, 2.45) is 0 Å². The van der Waals surface area contributed by atoms with Gasteiger partial charge in [0.25, 0.3) is 0 Å². The fourth-order valence-corrected chi connectivity index (χ4v) is 7.72. The van der Waals surface area contributed by atoms with Crippen LogP contribution in [0.4, 0.5) is 0 Å². The maximum Gasteiger partial charge on any atom is 0.346 e. The molecule has 0 aromatic rings. The van der Waals surface area contributed by atoms with E-state index < -0.39 is 20.6 Å². The second-order valence-electron chi connectivity index (χ2n) is 5.42. The van der Waals surface area contributed by atoms with Crippen LogP contribution in [-0.2, 0) is 27.2 Å². The van der Waals surface area contributed by atoms with Crippen LogP contribution in [0.1, 0.15) is 48.0 Å². The Hall–Kier alpha value is -0.0000000000000000416. The van der Waals surface area contributed by atoms with Crippen molar-refractivity contribution < 1.29 is 27.2 Å². The number of likely N-dealkylation sites (N-methyl/N-ethyl adjacent to an activating group) is 1. The molecule has 0 amide bonds. The zero-order valence-electron chi connectivity index (χ0n) is 17.2. The topological polar surface area (TPSA) is 74.3 Å². The highest BCUT2D eigenvalue weighted by atomic mass is 31.2. The van der Waals surface area contributed by atoms with Crippen molar-refractivity contribution in [2.75, 3.05) is 46.1 Å². The SMILES string of the molecule is CCOP(=O)(OCC)C(C/C=C/CN(CC)CC)P(=O)(OCC)OCC. The Bertz CT molecular complexity index is 432. The minimum absolute atomic E-state index is 0.190. The molecular formula is C17H37NO6P2. The van der Waals surface area contributed by atoms with E-state index in [0.717, 1.165) is 19.6 Å². The van der Waals surface area contributed by atoms with E-state index in [1.54, 1.807) is 27.7 Å². The van der Waals surface area contributed by atoms with Crippen molar-refractivity contribution in [3.05, 3.63) is 12.2 Å². The summed E-state index contributed by atoms with van der Waals surface area (Å²) in [6, 6.07) is 0. The molecule has 0 saturated heterocycles. The Morgan fingerprint density at radius 1 is 0.731 bits per heavy atom. The third kappa shape index (κ3) is 8.35. The van der Waals surface area contributed by atoms with Gasteiger partial charge in [0.05, 0.1) is 26.4 Å². The molecule has 0 aromatic heterocycles. The van der Waals surface area contributed by atoms with Crippen LogP contribution in [0.5, 0.6) is 0 Å². The smallest absolute Gasteiger partial charge is 0.308 e. The van der Waals surface area contributed by atoms with Crippen LogP contribution >= 0.6 is 15.2 Å². The number of nitrogens with zero attached hydrogens (tertiary/aromatic N) is 1. The van der Waals surface area contributed by atoms with Gasteiger partial charge in [-0.15, -0.1) is 0 Å². The van der Waals surface area contributed by atoms with Crippen LogP contribution in [0.25, 0.3) is 0 Å². The van der Waals surface area contributed by atoms with E-state index in [-0.39, 0.29) is 32.8 Å². The third-order valence-corrected chi connectivity index (χ3v) is 9.79. The first-order valence-corrected chi connectivity index (χ1v) is 12.7. The molecule has 0 aliphatic heterocycles. The summed E-state index contributed by atoms with van der Waals surface area (Å²) in [6.45, 7) is 14.5. The van der Waals surface area contributed by atoms with Crippen molar-refractivity contribution in [1.82, 2.24) is 4.90 Å². The average molecular weight is 413 g/mol. The lowest BCUT2D eigenvalue weighted by Gasteiger charge is -2.30. The normalized spacial score (nSPS) is 13.4. The number of hydrogen-bond donors (Lipinski definition) is 0. The molecule has 0 bridgehead atoms. The van der Waals surface area contributed by atoms with Crippen LogP contribution < -0.4 is 0 Å². The van der Waals surface area contributed by atoms with Crippen molar-refractivity contribution in [3.8, 4) is 0 Å². The molecular weight excluding hydrogens is 376 g/mol. The Morgan fingerprint density at radius 2 is 1.12 bits per heavy atom. The second-order valence-corrected chi connectivity index (χ2v) is 10.3. The summed E-state index contributed by atoms with van der Waals surface area (Å²) in [5, 5.41) is -0.984. The van der Waals surface area contributed by atoms with Crippen molar-refractivity contribution in [2.45, 2.75) is 53.4 Å². The first-order valence-electron chi connectivity index (χ1n) is 9.52. The maximum atomic E-state index is 13.3. The average Bonchev–Trinajstić information content (AvgIpc) is 2.58. The van der Waals surface area contributed by atoms with Crippen molar-refractivity contribution in [3.63, 3.8) is 0 Å². The molecule has 0 atom stereocenters. The van der Waals surface area contributed by atoms with Gasteiger partial charge in [-0.3, -0.25) is 9.13 Å². The molecule has 26 heavy (non-hydrogen) atoms. The quantitative estimate of drug-likeness (QED) is 0.256. The lowest BCUT2D eigenvalue weighted by atomic mass is 10.4. The standard InChI is InChI=1S/C17H37NO6P2/c1-7-18(8-2)16-14-13-15-17(25(19,21-9-3)22-10-4)26(20,23-11-5)24-12-6/h13-14,17H,7-12,15-16H2,1-6H3/b14-13+. The van der Waals surface area contributed by atoms with Gasteiger partial charge >= 0.3 is 15.2 Å². The van der Waals surface area contributed by atoms with Gasteiger partial charge in [-0.25, -0.2) is 0 Å². The zero-order valence-corrected chi connectivity index (χ0v) is 19.0. The predicted octanol–water partition coefficient (Wildman–Crippen LogP) is 5.13. The summed E-state index contributed by atoms with van der Waals surface area (Å²) in [7, 11) is -7.33.